The van der Waals surface area contributed by atoms with Crippen LogP contribution in [-0.4, -0.2) is 10.7 Å². The molecule has 1 saturated carbocycles. The molecule has 0 saturated heterocycles. The van der Waals surface area contributed by atoms with Gasteiger partial charge in [0.15, 0.2) is 0 Å². The van der Waals surface area contributed by atoms with Crippen LogP contribution in [0.25, 0.3) is 0 Å². The van der Waals surface area contributed by atoms with Crippen molar-refractivity contribution in [2.75, 3.05) is 0 Å². The van der Waals surface area contributed by atoms with Crippen LogP contribution in [-0.2, 0) is 0 Å². The molecule has 2 aliphatic rings. The summed E-state index contributed by atoms with van der Waals surface area (Å²) in [5, 5.41) is 11.5. The zero-order valence-electron chi connectivity index (χ0n) is 13.9. The molecule has 1 heteroatoms. The molecule has 0 spiro atoms. The fourth-order valence-electron chi connectivity index (χ4n) is 4.46. The van der Waals surface area contributed by atoms with Crippen LogP contribution >= 0.6 is 0 Å². The highest BCUT2D eigenvalue weighted by atomic mass is 16.3. The van der Waals surface area contributed by atoms with Crippen molar-refractivity contribution in [2.24, 2.45) is 29.1 Å². The Morgan fingerprint density at radius 1 is 1.25 bits per heavy atom. The Balaban J connectivity index is 2.34. The van der Waals surface area contributed by atoms with Crippen molar-refractivity contribution in [2.45, 2.75) is 65.9 Å². The van der Waals surface area contributed by atoms with Crippen LogP contribution < -0.4 is 0 Å². The third-order valence-electron chi connectivity index (χ3n) is 5.75. The fourth-order valence-corrected chi connectivity index (χ4v) is 4.46. The molecule has 20 heavy (non-hydrogen) atoms. The molecule has 114 valence electrons. The van der Waals surface area contributed by atoms with Crippen molar-refractivity contribution >= 4 is 0 Å². The topological polar surface area (TPSA) is 20.2 Å². The Kier molecular flexibility index (Phi) is 4.49. The summed E-state index contributed by atoms with van der Waals surface area (Å²) in [5.41, 5.74) is -0.283. The van der Waals surface area contributed by atoms with Gasteiger partial charge in [-0.05, 0) is 48.9 Å². The van der Waals surface area contributed by atoms with Gasteiger partial charge in [-0.2, -0.15) is 0 Å². The molecule has 0 aromatic carbocycles. The molecule has 1 N–H and O–H groups in total. The zero-order chi connectivity index (χ0) is 15.0. The van der Waals surface area contributed by atoms with Gasteiger partial charge in [0, 0.05) is 5.92 Å². The van der Waals surface area contributed by atoms with E-state index in [9.17, 15) is 5.11 Å². The Morgan fingerprint density at radius 2 is 1.95 bits per heavy atom. The van der Waals surface area contributed by atoms with E-state index in [4.69, 9.17) is 0 Å². The summed E-state index contributed by atoms with van der Waals surface area (Å²) in [6, 6.07) is 0. The third kappa shape index (κ3) is 2.88. The van der Waals surface area contributed by atoms with Crippen LogP contribution in [0.5, 0.6) is 0 Å². The molecule has 0 aliphatic heterocycles. The minimum Gasteiger partial charge on any atom is -0.385 e. The Labute approximate surface area is 125 Å². The van der Waals surface area contributed by atoms with Crippen LogP contribution in [0.3, 0.4) is 0 Å². The number of aliphatic hydroxyl groups is 1. The normalized spacial score (nSPS) is 40.2. The summed E-state index contributed by atoms with van der Waals surface area (Å²) >= 11 is 0. The quantitative estimate of drug-likeness (QED) is 0.771. The monoisotopic (exact) mass is 276 g/mol. The largest absolute Gasteiger partial charge is 0.385 e. The van der Waals surface area contributed by atoms with E-state index in [1.54, 1.807) is 0 Å². The van der Waals surface area contributed by atoms with Gasteiger partial charge in [0.1, 0.15) is 0 Å². The van der Waals surface area contributed by atoms with Gasteiger partial charge in [0.25, 0.3) is 0 Å². The average Bonchev–Trinajstić information content (AvgIpc) is 2.37. The number of hydrogen-bond donors (Lipinski definition) is 1. The highest BCUT2D eigenvalue weighted by Crippen LogP contribution is 2.51. The van der Waals surface area contributed by atoms with E-state index < -0.39 is 5.60 Å². The van der Waals surface area contributed by atoms with Crippen LogP contribution in [0.4, 0.5) is 0 Å². The van der Waals surface area contributed by atoms with E-state index in [1.165, 1.54) is 12.8 Å². The number of hydrogen-bond acceptors (Lipinski definition) is 1. The van der Waals surface area contributed by atoms with E-state index in [0.29, 0.717) is 23.2 Å². The van der Waals surface area contributed by atoms with E-state index >= 15 is 0 Å². The van der Waals surface area contributed by atoms with Gasteiger partial charge in [-0.1, -0.05) is 58.9 Å². The maximum absolute atomic E-state index is 11.5. The van der Waals surface area contributed by atoms with Crippen molar-refractivity contribution < 1.29 is 5.11 Å². The zero-order valence-corrected chi connectivity index (χ0v) is 13.9. The van der Waals surface area contributed by atoms with Crippen molar-refractivity contribution in [3.63, 3.8) is 0 Å². The second-order valence-corrected chi connectivity index (χ2v) is 8.07. The smallest absolute Gasteiger partial charge is 0.0923 e. The lowest BCUT2D eigenvalue weighted by Crippen LogP contribution is -2.51. The van der Waals surface area contributed by atoms with Gasteiger partial charge >= 0.3 is 0 Å². The van der Waals surface area contributed by atoms with Gasteiger partial charge in [-0.15, -0.1) is 0 Å². The Morgan fingerprint density at radius 3 is 2.55 bits per heavy atom. The van der Waals surface area contributed by atoms with Crippen molar-refractivity contribution in [1.29, 1.82) is 0 Å². The minimum atomic E-state index is -0.643. The van der Waals surface area contributed by atoms with E-state index in [2.05, 4.69) is 52.8 Å². The van der Waals surface area contributed by atoms with Gasteiger partial charge in [0.05, 0.1) is 5.60 Å². The minimum absolute atomic E-state index is 0.271. The first kappa shape index (κ1) is 15.8. The maximum atomic E-state index is 11.5. The van der Waals surface area contributed by atoms with E-state index in [1.807, 2.05) is 6.08 Å². The predicted molar refractivity (Wildman–Crippen MR) is 86.5 cm³/mol. The lowest BCUT2D eigenvalue weighted by molar-refractivity contribution is -0.0826. The molecular formula is C19H32O. The molecular weight excluding hydrogens is 244 g/mol. The molecule has 3 unspecified atom stereocenters. The van der Waals surface area contributed by atoms with Crippen LogP contribution in [0, 0.1) is 29.1 Å². The number of allylic oxidation sites excluding steroid dienone is 2. The molecule has 0 aromatic rings. The highest BCUT2D eigenvalue weighted by molar-refractivity contribution is 5.24. The molecule has 2 aliphatic carbocycles. The Hall–Kier alpha value is -0.560. The molecule has 1 nitrogen and oxygen atoms in total. The maximum Gasteiger partial charge on any atom is 0.0923 e. The van der Waals surface area contributed by atoms with Gasteiger partial charge < -0.3 is 5.11 Å². The second kappa shape index (κ2) is 5.67. The number of rotatable bonds is 3. The summed E-state index contributed by atoms with van der Waals surface area (Å²) in [5.74, 6) is 1.94. The van der Waals surface area contributed by atoms with Gasteiger partial charge in [-0.3, -0.25) is 0 Å². The SMILES string of the molecule is CC[C@H]1C=CC=CC1(O)C1CC(C)(C)CCC1C(C)C. The first-order valence-electron chi connectivity index (χ1n) is 8.38. The summed E-state index contributed by atoms with van der Waals surface area (Å²) in [7, 11) is 0. The second-order valence-electron chi connectivity index (χ2n) is 8.07. The first-order chi connectivity index (χ1) is 9.30. The molecule has 1 fully saturated rings. The van der Waals surface area contributed by atoms with Crippen molar-refractivity contribution in [3.8, 4) is 0 Å². The van der Waals surface area contributed by atoms with Crippen LogP contribution in [0.15, 0.2) is 24.3 Å². The van der Waals surface area contributed by atoms with Crippen LogP contribution in [0.1, 0.15) is 60.3 Å². The van der Waals surface area contributed by atoms with Crippen LogP contribution in [0.2, 0.25) is 0 Å². The highest BCUT2D eigenvalue weighted by Gasteiger charge is 2.49. The summed E-state index contributed by atoms with van der Waals surface area (Å²) in [6.07, 6.45) is 13.1. The van der Waals surface area contributed by atoms with E-state index in [-0.39, 0.29) is 5.92 Å². The summed E-state index contributed by atoms with van der Waals surface area (Å²) in [4.78, 5) is 0. The standard InChI is InChI=1S/C19H32O/c1-6-15-9-7-8-11-19(15,20)17-13-18(4,5)12-10-16(17)14(2)3/h7-9,11,14-17,20H,6,10,12-13H2,1-5H3/t15-,16?,17?,19?/m0/s1. The molecule has 0 amide bonds. The van der Waals surface area contributed by atoms with Crippen molar-refractivity contribution in [3.05, 3.63) is 24.3 Å². The van der Waals surface area contributed by atoms with Gasteiger partial charge in [-0.25, -0.2) is 0 Å². The lowest BCUT2D eigenvalue weighted by atomic mass is 9.56. The molecule has 0 aromatic heterocycles. The third-order valence-corrected chi connectivity index (χ3v) is 5.75. The summed E-state index contributed by atoms with van der Waals surface area (Å²) < 4.78 is 0. The lowest BCUT2D eigenvalue weighted by Gasteiger charge is -2.51. The molecule has 0 radical (unpaired) electrons. The predicted octanol–water partition coefficient (Wildman–Crippen LogP) is 4.97. The molecule has 0 heterocycles. The van der Waals surface area contributed by atoms with Gasteiger partial charge in [0.2, 0.25) is 0 Å². The molecule has 2 rings (SSSR count). The fraction of sp³-hybridized carbons (Fsp3) is 0.789. The summed E-state index contributed by atoms with van der Waals surface area (Å²) in [6.45, 7) is 11.6. The average molecular weight is 276 g/mol. The molecule has 4 atom stereocenters. The first-order valence-corrected chi connectivity index (χ1v) is 8.38. The Bertz CT molecular complexity index is 391. The van der Waals surface area contributed by atoms with Crippen molar-refractivity contribution in [1.82, 2.24) is 0 Å². The van der Waals surface area contributed by atoms with E-state index in [0.717, 1.165) is 12.8 Å². The molecule has 0 bridgehead atoms.